The van der Waals surface area contributed by atoms with Crippen molar-refractivity contribution >= 4 is 28.6 Å². The van der Waals surface area contributed by atoms with Crippen molar-refractivity contribution in [1.82, 2.24) is 24.6 Å². The summed E-state index contributed by atoms with van der Waals surface area (Å²) in [5.74, 6) is 1.18. The van der Waals surface area contributed by atoms with E-state index in [4.69, 9.17) is 0 Å². The predicted octanol–water partition coefficient (Wildman–Crippen LogP) is 5.46. The highest BCUT2D eigenvalue weighted by Gasteiger charge is 2.24. The summed E-state index contributed by atoms with van der Waals surface area (Å²) in [6.07, 6.45) is 1.97. The summed E-state index contributed by atoms with van der Waals surface area (Å²) in [5.41, 5.74) is 4.17. The first-order chi connectivity index (χ1) is 15.4. The zero-order valence-corrected chi connectivity index (χ0v) is 20.0. The van der Waals surface area contributed by atoms with E-state index in [2.05, 4.69) is 44.9 Å². The Morgan fingerprint density at radius 2 is 1.72 bits per heavy atom. The van der Waals surface area contributed by atoms with Crippen LogP contribution in [-0.2, 0) is 4.79 Å². The van der Waals surface area contributed by atoms with E-state index >= 15 is 0 Å². The third-order valence-electron chi connectivity index (χ3n) is 5.55. The predicted molar refractivity (Wildman–Crippen MR) is 131 cm³/mol. The first-order valence-electron chi connectivity index (χ1n) is 10.9. The summed E-state index contributed by atoms with van der Waals surface area (Å²) in [6, 6.07) is 16.6. The van der Waals surface area contributed by atoms with Gasteiger partial charge in [-0.1, -0.05) is 48.2 Å². The molecule has 0 unspecified atom stereocenters. The Balaban J connectivity index is 1.76. The van der Waals surface area contributed by atoms with Crippen LogP contribution in [0.4, 0.5) is 0 Å². The lowest BCUT2D eigenvalue weighted by Gasteiger charge is -2.30. The van der Waals surface area contributed by atoms with Crippen molar-refractivity contribution in [2.45, 2.75) is 51.9 Å². The van der Waals surface area contributed by atoms with Crippen LogP contribution in [0, 0.1) is 6.92 Å². The number of amides is 1. The number of aromatic nitrogens is 4. The third kappa shape index (κ3) is 4.17. The fourth-order valence-corrected chi connectivity index (χ4v) is 5.01. The van der Waals surface area contributed by atoms with Crippen molar-refractivity contribution in [1.29, 1.82) is 0 Å². The number of nitrogens with zero attached hydrogens (tertiary/aromatic N) is 4. The van der Waals surface area contributed by atoms with Crippen LogP contribution >= 0.6 is 11.8 Å². The van der Waals surface area contributed by atoms with Gasteiger partial charge in [-0.2, -0.15) is 0 Å². The van der Waals surface area contributed by atoms with Crippen LogP contribution in [0.5, 0.6) is 0 Å². The molecule has 1 N–H and O–H groups in total. The van der Waals surface area contributed by atoms with Crippen LogP contribution in [-0.4, -0.2) is 48.4 Å². The largest absolute Gasteiger partial charge is 0.360 e. The molecular weight excluding hydrogens is 418 g/mol. The van der Waals surface area contributed by atoms with E-state index in [0.29, 0.717) is 10.9 Å². The van der Waals surface area contributed by atoms with Gasteiger partial charge < -0.3 is 9.88 Å². The summed E-state index contributed by atoms with van der Waals surface area (Å²) in [5, 5.41) is 10.9. The van der Waals surface area contributed by atoms with Gasteiger partial charge in [0.1, 0.15) is 0 Å². The average molecular weight is 448 g/mol. The Morgan fingerprint density at radius 3 is 2.44 bits per heavy atom. The van der Waals surface area contributed by atoms with Gasteiger partial charge in [-0.05, 0) is 52.3 Å². The van der Waals surface area contributed by atoms with Crippen molar-refractivity contribution in [2.75, 3.05) is 5.75 Å². The Kier molecular flexibility index (Phi) is 6.37. The zero-order valence-electron chi connectivity index (χ0n) is 19.2. The van der Waals surface area contributed by atoms with Crippen molar-refractivity contribution < 1.29 is 4.79 Å². The summed E-state index contributed by atoms with van der Waals surface area (Å²) in [6.45, 7) is 10.3. The molecule has 0 saturated heterocycles. The number of hydrogen-bond acceptors (Lipinski definition) is 4. The number of H-pyrrole nitrogens is 1. The van der Waals surface area contributed by atoms with E-state index in [1.807, 2.05) is 69.1 Å². The van der Waals surface area contributed by atoms with Gasteiger partial charge in [0.25, 0.3) is 0 Å². The molecule has 0 aliphatic rings. The van der Waals surface area contributed by atoms with Gasteiger partial charge in [-0.3, -0.25) is 9.36 Å². The Hall–Kier alpha value is -3.06. The van der Waals surface area contributed by atoms with Crippen LogP contribution in [0.1, 0.15) is 33.3 Å². The number of thioether (sulfide) groups is 1. The Bertz CT molecular complexity index is 1230. The van der Waals surface area contributed by atoms with Gasteiger partial charge in [0, 0.05) is 34.7 Å². The number of aryl methyl sites for hydroxylation is 1. The number of carbonyl (C=O) groups is 1. The molecule has 0 bridgehead atoms. The molecule has 32 heavy (non-hydrogen) atoms. The van der Waals surface area contributed by atoms with Crippen molar-refractivity contribution in [2.24, 2.45) is 0 Å². The molecule has 6 nitrogen and oxygen atoms in total. The van der Waals surface area contributed by atoms with Crippen molar-refractivity contribution in [3.63, 3.8) is 0 Å². The Labute approximate surface area is 193 Å². The number of benzene rings is 2. The van der Waals surface area contributed by atoms with Crippen LogP contribution in [0.15, 0.2) is 59.9 Å². The van der Waals surface area contributed by atoms with Crippen LogP contribution in [0.2, 0.25) is 0 Å². The molecule has 0 radical (unpaired) electrons. The standard InChI is InChI=1S/C25H29N5OS/c1-16(2)29(17(3)4)23(31)15-32-25-28-27-24(30(25)22-13-9-6-10-18(22)5)20-14-26-21-12-8-7-11-19(20)21/h6-14,16-17,26H,15H2,1-5H3. The third-order valence-corrected chi connectivity index (χ3v) is 6.46. The van der Waals surface area contributed by atoms with Crippen LogP contribution in [0.3, 0.4) is 0 Å². The molecule has 2 aromatic heterocycles. The van der Waals surface area contributed by atoms with Gasteiger partial charge in [0.15, 0.2) is 11.0 Å². The second-order valence-electron chi connectivity index (χ2n) is 8.45. The number of hydrogen-bond donors (Lipinski definition) is 1. The highest BCUT2D eigenvalue weighted by Crippen LogP contribution is 2.33. The molecule has 0 atom stereocenters. The van der Waals surface area contributed by atoms with Gasteiger partial charge in [-0.15, -0.1) is 10.2 Å². The average Bonchev–Trinajstić information content (AvgIpc) is 3.36. The number of rotatable bonds is 7. The lowest BCUT2D eigenvalue weighted by atomic mass is 10.1. The second-order valence-corrected chi connectivity index (χ2v) is 9.40. The smallest absolute Gasteiger partial charge is 0.233 e. The number of fused-ring (bicyclic) bond motifs is 1. The summed E-state index contributed by atoms with van der Waals surface area (Å²) >= 11 is 1.43. The quantitative estimate of drug-likeness (QED) is 0.382. The molecule has 2 aromatic carbocycles. The molecule has 4 aromatic rings. The van der Waals surface area contributed by atoms with Gasteiger partial charge in [0.2, 0.25) is 5.91 Å². The Morgan fingerprint density at radius 1 is 1.03 bits per heavy atom. The molecule has 0 fully saturated rings. The first-order valence-corrected chi connectivity index (χ1v) is 11.9. The second kappa shape index (κ2) is 9.20. The molecule has 2 heterocycles. The van der Waals surface area contributed by atoms with E-state index in [1.54, 1.807) is 0 Å². The number of carbonyl (C=O) groups excluding carboxylic acids is 1. The van der Waals surface area contributed by atoms with Crippen molar-refractivity contribution in [3.05, 3.63) is 60.3 Å². The summed E-state index contributed by atoms with van der Waals surface area (Å²) in [7, 11) is 0. The minimum absolute atomic E-state index is 0.105. The fourth-order valence-electron chi connectivity index (χ4n) is 4.20. The van der Waals surface area contributed by atoms with Crippen LogP contribution < -0.4 is 0 Å². The molecular formula is C25H29N5OS. The van der Waals surface area contributed by atoms with E-state index in [0.717, 1.165) is 33.5 Å². The normalized spacial score (nSPS) is 11.6. The first kappa shape index (κ1) is 22.1. The maximum Gasteiger partial charge on any atom is 0.233 e. The highest BCUT2D eigenvalue weighted by atomic mass is 32.2. The summed E-state index contributed by atoms with van der Waals surface area (Å²) < 4.78 is 2.07. The molecule has 166 valence electrons. The number of nitrogens with one attached hydrogen (secondary N) is 1. The topological polar surface area (TPSA) is 66.8 Å². The van der Waals surface area contributed by atoms with Crippen molar-refractivity contribution in [3.8, 4) is 17.1 Å². The van der Waals surface area contributed by atoms with Crippen LogP contribution in [0.25, 0.3) is 28.0 Å². The molecule has 1 amide bonds. The monoisotopic (exact) mass is 447 g/mol. The number of para-hydroxylation sites is 2. The molecule has 7 heteroatoms. The molecule has 0 aliphatic carbocycles. The molecule has 0 spiro atoms. The lowest BCUT2D eigenvalue weighted by Crippen LogP contribution is -2.43. The van der Waals surface area contributed by atoms with E-state index in [1.165, 1.54) is 11.8 Å². The van der Waals surface area contributed by atoms with Gasteiger partial charge in [0.05, 0.1) is 11.4 Å². The maximum atomic E-state index is 13.0. The van der Waals surface area contributed by atoms with Gasteiger partial charge in [-0.25, -0.2) is 0 Å². The minimum atomic E-state index is 0.105. The molecule has 0 aliphatic heterocycles. The van der Waals surface area contributed by atoms with Gasteiger partial charge >= 0.3 is 0 Å². The van der Waals surface area contributed by atoms with E-state index < -0.39 is 0 Å². The number of aromatic amines is 1. The molecule has 0 saturated carbocycles. The summed E-state index contributed by atoms with van der Waals surface area (Å²) in [4.78, 5) is 18.2. The zero-order chi connectivity index (χ0) is 22.8. The minimum Gasteiger partial charge on any atom is -0.360 e. The van der Waals surface area contributed by atoms with E-state index in [9.17, 15) is 4.79 Å². The maximum absolute atomic E-state index is 13.0. The lowest BCUT2D eigenvalue weighted by molar-refractivity contribution is -0.131. The fraction of sp³-hybridized carbons (Fsp3) is 0.320. The highest BCUT2D eigenvalue weighted by molar-refractivity contribution is 7.99. The molecule has 4 rings (SSSR count). The van der Waals surface area contributed by atoms with E-state index in [-0.39, 0.29) is 18.0 Å². The SMILES string of the molecule is Cc1ccccc1-n1c(SCC(=O)N(C(C)C)C(C)C)nnc1-c1c[nH]c2ccccc12.